The lowest BCUT2D eigenvalue weighted by Gasteiger charge is -2.10. The number of halogens is 2. The average Bonchev–Trinajstić information content (AvgIpc) is 2.08. The van der Waals surface area contributed by atoms with Gasteiger partial charge in [0.25, 0.3) is 0 Å². The first-order valence-corrected chi connectivity index (χ1v) is 6.29. The van der Waals surface area contributed by atoms with E-state index in [0.29, 0.717) is 5.69 Å². The van der Waals surface area contributed by atoms with Crippen molar-refractivity contribution in [1.29, 1.82) is 0 Å². The maximum absolute atomic E-state index is 11.3. The molecule has 0 saturated carbocycles. The lowest BCUT2D eigenvalue weighted by molar-refractivity contribution is 0.130. The van der Waals surface area contributed by atoms with Crippen molar-refractivity contribution in [2.45, 2.75) is 20.0 Å². The van der Waals surface area contributed by atoms with Gasteiger partial charge in [0.05, 0.1) is 11.8 Å². The van der Waals surface area contributed by atoms with Crippen molar-refractivity contribution in [2.24, 2.45) is 0 Å². The lowest BCUT2D eigenvalue weighted by atomic mass is 10.3. The molecule has 0 aliphatic rings. The third-order valence-electron chi connectivity index (χ3n) is 1.51. The molecule has 0 spiro atoms. The first kappa shape index (κ1) is 12.8. The largest absolute Gasteiger partial charge is 0.447 e. The van der Waals surface area contributed by atoms with Gasteiger partial charge in [0, 0.05) is 8.04 Å². The van der Waals surface area contributed by atoms with Gasteiger partial charge in [-0.1, -0.05) is 0 Å². The van der Waals surface area contributed by atoms with Gasteiger partial charge < -0.3 is 4.74 Å². The topological polar surface area (TPSA) is 38.3 Å². The third-order valence-corrected chi connectivity index (χ3v) is 2.84. The summed E-state index contributed by atoms with van der Waals surface area (Å²) in [5.41, 5.74) is 0.709. The van der Waals surface area contributed by atoms with Crippen LogP contribution >= 0.6 is 38.5 Å². The van der Waals surface area contributed by atoms with Crippen molar-refractivity contribution in [3.05, 3.63) is 26.2 Å². The molecular weight excluding hydrogens is 373 g/mol. The molecule has 0 fully saturated rings. The van der Waals surface area contributed by atoms with Gasteiger partial charge in [-0.05, 0) is 70.6 Å². The molecule has 0 saturated heterocycles. The Morgan fingerprint density at radius 2 is 2.20 bits per heavy atom. The Kier molecular flexibility index (Phi) is 4.85. The minimum Gasteiger partial charge on any atom is -0.447 e. The van der Waals surface area contributed by atoms with Crippen molar-refractivity contribution >= 4 is 50.3 Å². The first-order valence-electron chi connectivity index (χ1n) is 4.41. The second kappa shape index (κ2) is 5.69. The molecule has 82 valence electrons. The van der Waals surface area contributed by atoms with Crippen molar-refractivity contribution < 1.29 is 9.53 Å². The first-order chi connectivity index (χ1) is 6.99. The molecule has 1 aromatic rings. The summed E-state index contributed by atoms with van der Waals surface area (Å²) in [6, 6.07) is 5.66. The number of carbonyl (C=O) groups excluding carboxylic acids is 1. The molecule has 0 bridgehead atoms. The van der Waals surface area contributed by atoms with Crippen LogP contribution in [0, 0.1) is 3.57 Å². The summed E-state index contributed by atoms with van der Waals surface area (Å²) in [7, 11) is 0. The summed E-state index contributed by atoms with van der Waals surface area (Å²) in [6.45, 7) is 3.62. The summed E-state index contributed by atoms with van der Waals surface area (Å²) in [6.07, 6.45) is -0.556. The number of anilines is 1. The van der Waals surface area contributed by atoms with Gasteiger partial charge in [0.15, 0.2) is 0 Å². The van der Waals surface area contributed by atoms with Gasteiger partial charge in [0.2, 0.25) is 0 Å². The van der Waals surface area contributed by atoms with Crippen LogP contribution in [0.5, 0.6) is 0 Å². The molecule has 1 N–H and O–H groups in total. The number of ether oxygens (including phenoxy) is 1. The molecule has 5 heteroatoms. The average molecular weight is 384 g/mol. The number of hydrogen-bond donors (Lipinski definition) is 1. The van der Waals surface area contributed by atoms with Gasteiger partial charge >= 0.3 is 6.09 Å². The molecule has 0 aliphatic carbocycles. The Balaban J connectivity index is 2.68. The van der Waals surface area contributed by atoms with E-state index in [1.54, 1.807) is 0 Å². The summed E-state index contributed by atoms with van der Waals surface area (Å²) in [5.74, 6) is 0. The highest BCUT2D eigenvalue weighted by Gasteiger charge is 2.07. The predicted octanol–water partition coefficient (Wildman–Crippen LogP) is 4.01. The van der Waals surface area contributed by atoms with Crippen LogP contribution in [0.2, 0.25) is 0 Å². The van der Waals surface area contributed by atoms with E-state index < -0.39 is 6.09 Å². The maximum atomic E-state index is 11.3. The Morgan fingerprint density at radius 1 is 1.53 bits per heavy atom. The maximum Gasteiger partial charge on any atom is 0.411 e. The number of nitrogens with one attached hydrogen (secondary N) is 1. The van der Waals surface area contributed by atoms with E-state index in [9.17, 15) is 4.79 Å². The van der Waals surface area contributed by atoms with E-state index in [1.807, 2.05) is 32.0 Å². The molecular formula is C10H11BrINO2. The standard InChI is InChI=1S/C10H11BrINO2/c1-6(2)15-10(14)13-9-4-3-7(12)5-8(9)11/h3-6H,1-2H3,(H,13,14). The van der Waals surface area contributed by atoms with Crippen LogP contribution < -0.4 is 5.32 Å². The Morgan fingerprint density at radius 3 is 2.73 bits per heavy atom. The Hall–Kier alpha value is -0.300. The van der Waals surface area contributed by atoms with Crippen molar-refractivity contribution in [3.63, 3.8) is 0 Å². The smallest absolute Gasteiger partial charge is 0.411 e. The molecule has 0 unspecified atom stereocenters. The molecule has 15 heavy (non-hydrogen) atoms. The number of amides is 1. The molecule has 1 aromatic carbocycles. The van der Waals surface area contributed by atoms with Crippen LogP contribution in [0.1, 0.15) is 13.8 Å². The van der Waals surface area contributed by atoms with E-state index >= 15 is 0 Å². The Bertz CT molecular complexity index is 368. The van der Waals surface area contributed by atoms with Crippen molar-refractivity contribution in [1.82, 2.24) is 0 Å². The van der Waals surface area contributed by atoms with E-state index in [4.69, 9.17) is 4.74 Å². The highest BCUT2D eigenvalue weighted by Crippen LogP contribution is 2.24. The molecule has 0 aromatic heterocycles. The third kappa shape index (κ3) is 4.38. The molecule has 3 nitrogen and oxygen atoms in total. The lowest BCUT2D eigenvalue weighted by Crippen LogP contribution is -2.18. The van der Waals surface area contributed by atoms with Gasteiger partial charge in [-0.3, -0.25) is 5.32 Å². The zero-order valence-electron chi connectivity index (χ0n) is 8.38. The van der Waals surface area contributed by atoms with Crippen LogP contribution in [-0.2, 0) is 4.74 Å². The van der Waals surface area contributed by atoms with E-state index in [0.717, 1.165) is 8.04 Å². The van der Waals surface area contributed by atoms with Crippen LogP contribution in [0.3, 0.4) is 0 Å². The van der Waals surface area contributed by atoms with Gasteiger partial charge in [-0.2, -0.15) is 0 Å². The second-order valence-electron chi connectivity index (χ2n) is 3.20. The molecule has 0 atom stereocenters. The molecule has 0 aliphatic heterocycles. The fraction of sp³-hybridized carbons (Fsp3) is 0.300. The highest BCUT2D eigenvalue weighted by molar-refractivity contribution is 14.1. The van der Waals surface area contributed by atoms with E-state index in [2.05, 4.69) is 43.8 Å². The molecule has 0 heterocycles. The van der Waals surface area contributed by atoms with Crippen LogP contribution in [0.4, 0.5) is 10.5 Å². The van der Waals surface area contributed by atoms with Gasteiger partial charge in [-0.25, -0.2) is 4.79 Å². The summed E-state index contributed by atoms with van der Waals surface area (Å²) in [5, 5.41) is 2.66. The summed E-state index contributed by atoms with van der Waals surface area (Å²) in [4.78, 5) is 11.3. The second-order valence-corrected chi connectivity index (χ2v) is 5.30. The van der Waals surface area contributed by atoms with Gasteiger partial charge in [-0.15, -0.1) is 0 Å². The number of benzene rings is 1. The fourth-order valence-electron chi connectivity index (χ4n) is 0.944. The number of hydrogen-bond acceptors (Lipinski definition) is 2. The molecule has 1 rings (SSSR count). The van der Waals surface area contributed by atoms with Crippen LogP contribution in [-0.4, -0.2) is 12.2 Å². The van der Waals surface area contributed by atoms with E-state index in [1.165, 1.54) is 0 Å². The zero-order chi connectivity index (χ0) is 11.4. The van der Waals surface area contributed by atoms with Gasteiger partial charge in [0.1, 0.15) is 0 Å². The SMILES string of the molecule is CC(C)OC(=O)Nc1ccc(I)cc1Br. The van der Waals surface area contributed by atoms with E-state index in [-0.39, 0.29) is 6.10 Å². The van der Waals surface area contributed by atoms with Crippen LogP contribution in [0.25, 0.3) is 0 Å². The number of rotatable bonds is 2. The van der Waals surface area contributed by atoms with Crippen LogP contribution in [0.15, 0.2) is 22.7 Å². The quantitative estimate of drug-likeness (QED) is 0.783. The summed E-state index contributed by atoms with van der Waals surface area (Å²) < 4.78 is 6.91. The fourth-order valence-corrected chi connectivity index (χ4v) is 2.34. The highest BCUT2D eigenvalue weighted by atomic mass is 127. The molecule has 0 radical (unpaired) electrons. The molecule has 1 amide bonds. The Labute approximate surface area is 111 Å². The minimum atomic E-state index is -0.438. The zero-order valence-corrected chi connectivity index (χ0v) is 12.1. The van der Waals surface area contributed by atoms with Crippen molar-refractivity contribution in [3.8, 4) is 0 Å². The minimum absolute atomic E-state index is 0.118. The predicted molar refractivity (Wildman–Crippen MR) is 72.1 cm³/mol. The monoisotopic (exact) mass is 383 g/mol. The summed E-state index contributed by atoms with van der Waals surface area (Å²) >= 11 is 5.57. The normalized spacial score (nSPS) is 10.2. The van der Waals surface area contributed by atoms with Crippen molar-refractivity contribution in [2.75, 3.05) is 5.32 Å². The number of carbonyl (C=O) groups is 1.